The predicted molar refractivity (Wildman–Crippen MR) is 191 cm³/mol. The smallest absolute Gasteiger partial charge is 0.408 e. The fourth-order valence-electron chi connectivity index (χ4n) is 4.90. The highest BCUT2D eigenvalue weighted by molar-refractivity contribution is 7.89. The van der Waals surface area contributed by atoms with Gasteiger partial charge >= 0.3 is 6.09 Å². The van der Waals surface area contributed by atoms with Crippen LogP contribution in [-0.2, 0) is 46.9 Å². The van der Waals surface area contributed by atoms with E-state index in [1.54, 1.807) is 58.0 Å². The van der Waals surface area contributed by atoms with Crippen molar-refractivity contribution in [3.05, 3.63) is 99.5 Å². The van der Waals surface area contributed by atoms with E-state index in [2.05, 4.69) is 15.4 Å². The first-order valence-corrected chi connectivity index (χ1v) is 18.6. The minimum absolute atomic E-state index is 0.0639. The minimum atomic E-state index is -4.38. The number of carbonyl (C=O) groups is 3. The maximum atomic E-state index is 14.9. The molecule has 3 aromatic rings. The van der Waals surface area contributed by atoms with Crippen molar-refractivity contribution in [1.82, 2.24) is 20.3 Å². The Morgan fingerprint density at radius 2 is 1.56 bits per heavy atom. The van der Waals surface area contributed by atoms with Gasteiger partial charge in [-0.1, -0.05) is 59.6 Å². The van der Waals surface area contributed by atoms with E-state index in [9.17, 15) is 31.6 Å². The maximum Gasteiger partial charge on any atom is 0.408 e. The molecule has 0 radical (unpaired) electrons. The highest BCUT2D eigenvalue weighted by Gasteiger charge is 2.34. The van der Waals surface area contributed by atoms with Gasteiger partial charge in [0.05, 0.1) is 11.6 Å². The maximum absolute atomic E-state index is 14.9. The zero-order valence-corrected chi connectivity index (χ0v) is 31.4. The lowest BCUT2D eigenvalue weighted by Gasteiger charge is -2.34. The molecule has 3 N–H and O–H groups in total. The summed E-state index contributed by atoms with van der Waals surface area (Å²) >= 11 is 12.0. The van der Waals surface area contributed by atoms with Gasteiger partial charge in [-0.25, -0.2) is 26.7 Å². The number of hydrogen-bond donors (Lipinski definition) is 3. The Labute approximate surface area is 312 Å². The molecule has 284 valence electrons. The van der Waals surface area contributed by atoms with Crippen molar-refractivity contribution in [3.8, 4) is 0 Å². The molecule has 0 aliphatic carbocycles. The number of nitrogens with zero attached hydrogens (tertiary/aromatic N) is 1. The van der Waals surface area contributed by atoms with E-state index in [4.69, 9.17) is 37.4 Å². The lowest BCUT2D eigenvalue weighted by Crippen LogP contribution is -2.59. The number of sulfonamides is 1. The van der Waals surface area contributed by atoms with Crippen LogP contribution in [-0.4, -0.2) is 81.9 Å². The number of amides is 3. The Kier molecular flexibility index (Phi) is 16.7. The van der Waals surface area contributed by atoms with E-state index in [0.717, 1.165) is 18.2 Å². The van der Waals surface area contributed by atoms with E-state index in [1.807, 2.05) is 0 Å². The molecule has 2 atom stereocenters. The molecule has 2 unspecified atom stereocenters. The zero-order valence-electron chi connectivity index (χ0n) is 29.0. The summed E-state index contributed by atoms with van der Waals surface area (Å²) in [5, 5.41) is 4.85. The standard InChI is InChI=1S/C35H42Cl2F2N4O8S/c1-5-49-32(50-6-2)20-43(22(3)4)34(45)29(16-24-12-14-26(38)18-28(24)39)41-33(44)30(42-35(46)51-21-23-10-8-7-9-11-23)19-40-52(47,48)31-15-13-25(36)17-27(31)37/h7-15,17-18,22,29-30,32,40H,5-6,16,19-21H2,1-4H3,(H,41,44)(H,42,46). The lowest BCUT2D eigenvalue weighted by atomic mass is 10.0. The van der Waals surface area contributed by atoms with Crippen LogP contribution in [0.25, 0.3) is 0 Å². The summed E-state index contributed by atoms with van der Waals surface area (Å²) in [4.78, 5) is 42.1. The summed E-state index contributed by atoms with van der Waals surface area (Å²) in [6, 6.07) is 11.5. The van der Waals surface area contributed by atoms with Crippen LogP contribution >= 0.6 is 23.2 Å². The Morgan fingerprint density at radius 3 is 2.15 bits per heavy atom. The number of nitrogens with one attached hydrogen (secondary N) is 3. The first-order chi connectivity index (χ1) is 24.6. The number of halogens is 4. The van der Waals surface area contributed by atoms with Gasteiger partial charge in [-0.3, -0.25) is 9.59 Å². The monoisotopic (exact) mass is 786 g/mol. The molecule has 0 fully saturated rings. The summed E-state index contributed by atoms with van der Waals surface area (Å²) in [5.74, 6) is -3.52. The average molecular weight is 788 g/mol. The van der Waals surface area contributed by atoms with Crippen molar-refractivity contribution < 1.29 is 45.8 Å². The molecular weight excluding hydrogens is 745 g/mol. The fraction of sp³-hybridized carbons (Fsp3) is 0.400. The Bertz CT molecular complexity index is 1770. The molecule has 3 rings (SSSR count). The molecule has 0 spiro atoms. The highest BCUT2D eigenvalue weighted by atomic mass is 35.5. The van der Waals surface area contributed by atoms with Gasteiger partial charge in [0.1, 0.15) is 35.2 Å². The molecule has 0 saturated heterocycles. The first-order valence-electron chi connectivity index (χ1n) is 16.3. The number of carbonyl (C=O) groups excluding carboxylic acids is 3. The topological polar surface area (TPSA) is 152 Å². The van der Waals surface area contributed by atoms with Crippen LogP contribution in [0.3, 0.4) is 0 Å². The Balaban J connectivity index is 1.95. The van der Waals surface area contributed by atoms with Gasteiger partial charge < -0.3 is 29.7 Å². The van der Waals surface area contributed by atoms with Crippen LogP contribution in [0.1, 0.15) is 38.8 Å². The number of benzene rings is 3. The molecule has 0 aliphatic heterocycles. The summed E-state index contributed by atoms with van der Waals surface area (Å²) in [6.45, 7) is 6.51. The lowest BCUT2D eigenvalue weighted by molar-refractivity contribution is -0.163. The van der Waals surface area contributed by atoms with E-state index in [-0.39, 0.29) is 46.9 Å². The van der Waals surface area contributed by atoms with Crippen LogP contribution in [0, 0.1) is 11.6 Å². The molecule has 3 aromatic carbocycles. The van der Waals surface area contributed by atoms with E-state index < -0.39 is 76.9 Å². The minimum Gasteiger partial charge on any atom is -0.445 e. The Hall–Kier alpha value is -3.86. The van der Waals surface area contributed by atoms with Gasteiger partial charge in [-0.15, -0.1) is 0 Å². The van der Waals surface area contributed by atoms with Crippen molar-refractivity contribution in [1.29, 1.82) is 0 Å². The first kappa shape index (κ1) is 42.6. The summed E-state index contributed by atoms with van der Waals surface area (Å²) in [7, 11) is -4.38. The van der Waals surface area contributed by atoms with Gasteiger partial charge in [0.25, 0.3) is 0 Å². The predicted octanol–water partition coefficient (Wildman–Crippen LogP) is 5.21. The van der Waals surface area contributed by atoms with Crippen molar-refractivity contribution in [2.24, 2.45) is 0 Å². The second-order valence-corrected chi connectivity index (χ2v) is 14.2. The summed E-state index contributed by atoms with van der Waals surface area (Å²) in [5.41, 5.74) is 0.537. The van der Waals surface area contributed by atoms with Gasteiger partial charge in [0.2, 0.25) is 21.8 Å². The SMILES string of the molecule is CCOC(CN(C(=O)C(Cc1ccc(F)cc1F)NC(=O)C(CNS(=O)(=O)c1ccc(Cl)cc1Cl)NC(=O)OCc1ccccc1)C(C)C)OCC. The van der Waals surface area contributed by atoms with E-state index in [0.29, 0.717) is 11.6 Å². The average Bonchev–Trinajstić information content (AvgIpc) is 3.08. The van der Waals surface area contributed by atoms with Gasteiger partial charge in [0, 0.05) is 43.3 Å². The molecule has 17 heteroatoms. The summed E-state index contributed by atoms with van der Waals surface area (Å²) < 4.78 is 73.9. The number of hydrogen-bond acceptors (Lipinski definition) is 8. The van der Waals surface area contributed by atoms with Crippen LogP contribution in [0.5, 0.6) is 0 Å². The van der Waals surface area contributed by atoms with Crippen molar-refractivity contribution in [3.63, 3.8) is 0 Å². The van der Waals surface area contributed by atoms with Crippen LogP contribution < -0.4 is 15.4 Å². The number of ether oxygens (including phenoxy) is 3. The molecule has 0 bridgehead atoms. The third-order valence-corrected chi connectivity index (χ3v) is 9.63. The fourth-order valence-corrected chi connectivity index (χ4v) is 6.72. The highest BCUT2D eigenvalue weighted by Crippen LogP contribution is 2.25. The van der Waals surface area contributed by atoms with Gasteiger partial charge in [-0.2, -0.15) is 0 Å². The van der Waals surface area contributed by atoms with Crippen molar-refractivity contribution in [2.45, 2.75) is 70.0 Å². The molecule has 0 saturated carbocycles. The van der Waals surface area contributed by atoms with Gasteiger partial charge in [-0.05, 0) is 63.1 Å². The summed E-state index contributed by atoms with van der Waals surface area (Å²) in [6.07, 6.45) is -2.35. The van der Waals surface area contributed by atoms with Crippen LogP contribution in [0.4, 0.5) is 13.6 Å². The normalized spacial score (nSPS) is 12.7. The molecule has 0 aliphatic rings. The second-order valence-electron chi connectivity index (χ2n) is 11.6. The molecule has 12 nitrogen and oxygen atoms in total. The van der Waals surface area contributed by atoms with Crippen LogP contribution in [0.2, 0.25) is 10.0 Å². The van der Waals surface area contributed by atoms with E-state index in [1.165, 1.54) is 17.0 Å². The zero-order chi connectivity index (χ0) is 38.4. The Morgan fingerprint density at radius 1 is 0.885 bits per heavy atom. The van der Waals surface area contributed by atoms with Gasteiger partial charge in [0.15, 0.2) is 6.29 Å². The number of alkyl carbamates (subject to hydrolysis) is 1. The molecular formula is C35H42Cl2F2N4O8S. The van der Waals surface area contributed by atoms with Crippen molar-refractivity contribution >= 4 is 51.1 Å². The quantitative estimate of drug-likeness (QED) is 0.140. The molecule has 52 heavy (non-hydrogen) atoms. The third-order valence-electron chi connectivity index (χ3n) is 7.49. The van der Waals surface area contributed by atoms with E-state index >= 15 is 0 Å². The molecule has 0 heterocycles. The van der Waals surface area contributed by atoms with Crippen LogP contribution in [0.15, 0.2) is 71.6 Å². The van der Waals surface area contributed by atoms with Crippen molar-refractivity contribution in [2.75, 3.05) is 26.3 Å². The third kappa shape index (κ3) is 13.0. The largest absolute Gasteiger partial charge is 0.445 e. The molecule has 3 amide bonds. The second kappa shape index (κ2) is 20.4. The molecule has 0 aromatic heterocycles. The number of rotatable bonds is 19.